The lowest BCUT2D eigenvalue weighted by atomic mass is 9.84. The van der Waals surface area contributed by atoms with Crippen molar-refractivity contribution < 1.29 is 32.2 Å². The number of amides is 2. The summed E-state index contributed by atoms with van der Waals surface area (Å²) in [4.78, 5) is 43.8. The fraction of sp³-hybridized carbons (Fsp3) is 0.657. The lowest BCUT2D eigenvalue weighted by molar-refractivity contribution is 0.0117. The highest BCUT2D eigenvalue weighted by atomic mass is 32.2. The van der Waals surface area contributed by atoms with Gasteiger partial charge in [0.15, 0.2) is 15.7 Å². The molecule has 4 aliphatic heterocycles. The van der Waals surface area contributed by atoms with Crippen molar-refractivity contribution in [1.82, 2.24) is 19.8 Å². The molecule has 3 fully saturated rings. The van der Waals surface area contributed by atoms with E-state index in [-0.39, 0.29) is 42.1 Å². The van der Waals surface area contributed by atoms with E-state index in [9.17, 15) is 18.0 Å². The number of anilines is 3. The Bertz CT molecular complexity index is 1730. The van der Waals surface area contributed by atoms with Crippen LogP contribution < -0.4 is 14.5 Å². The minimum Gasteiger partial charge on any atom is -0.483 e. The van der Waals surface area contributed by atoms with Crippen LogP contribution in [0.3, 0.4) is 0 Å². The second-order valence-corrected chi connectivity index (χ2v) is 18.4. The highest BCUT2D eigenvalue weighted by Gasteiger charge is 2.47. The number of hydrogen-bond acceptors (Lipinski definition) is 11. The number of carbonyl (C=O) groups excluding carboxylic acids is 2. The summed E-state index contributed by atoms with van der Waals surface area (Å²) >= 11 is 0. The number of sulfone groups is 1. The van der Waals surface area contributed by atoms with Gasteiger partial charge < -0.3 is 24.0 Å². The number of ether oxygens (including phenoxy) is 3. The maximum atomic E-state index is 14.1. The van der Waals surface area contributed by atoms with Gasteiger partial charge in [-0.25, -0.2) is 32.9 Å². The summed E-state index contributed by atoms with van der Waals surface area (Å²) < 4.78 is 42.7. The van der Waals surface area contributed by atoms with Gasteiger partial charge in [-0.2, -0.15) is 0 Å². The largest absolute Gasteiger partial charge is 0.483 e. The van der Waals surface area contributed by atoms with Crippen molar-refractivity contribution in [2.24, 2.45) is 0 Å². The third-order valence-electron chi connectivity index (χ3n) is 9.71. The normalized spacial score (nSPS) is 24.3. The van der Waals surface area contributed by atoms with Gasteiger partial charge in [0.1, 0.15) is 35.2 Å². The maximum absolute atomic E-state index is 14.1. The Hall–Kier alpha value is -3.65. The van der Waals surface area contributed by atoms with Crippen molar-refractivity contribution in [3.8, 4) is 5.75 Å². The zero-order valence-corrected chi connectivity index (χ0v) is 31.0. The van der Waals surface area contributed by atoms with Crippen molar-refractivity contribution >= 4 is 39.3 Å². The molecule has 5 heterocycles. The highest BCUT2D eigenvalue weighted by molar-refractivity contribution is 7.91. The van der Waals surface area contributed by atoms with Crippen molar-refractivity contribution in [1.29, 1.82) is 0 Å². The highest BCUT2D eigenvalue weighted by Crippen LogP contribution is 2.49. The van der Waals surface area contributed by atoms with Crippen molar-refractivity contribution in [3.63, 3.8) is 0 Å². The smallest absolute Gasteiger partial charge is 0.420 e. The Morgan fingerprint density at radius 1 is 0.939 bits per heavy atom. The van der Waals surface area contributed by atoms with E-state index in [0.29, 0.717) is 41.7 Å². The molecule has 4 aliphatic rings. The van der Waals surface area contributed by atoms with Crippen LogP contribution in [0, 0.1) is 6.92 Å². The molecule has 0 radical (unpaired) electrons. The molecular formula is C35H50N6O7S. The number of rotatable bonds is 3. The average molecular weight is 699 g/mol. The van der Waals surface area contributed by atoms with Gasteiger partial charge in [0.05, 0.1) is 22.8 Å². The van der Waals surface area contributed by atoms with Gasteiger partial charge in [-0.05, 0) is 85.9 Å². The molecule has 6 rings (SSSR count). The number of aryl methyl sites for hydroxylation is 1. The number of aromatic nitrogens is 2. The quantitative estimate of drug-likeness (QED) is 0.411. The van der Waals surface area contributed by atoms with Gasteiger partial charge in [-0.3, -0.25) is 4.90 Å². The first-order valence-electron chi connectivity index (χ1n) is 17.1. The molecule has 0 N–H and O–H groups in total. The van der Waals surface area contributed by atoms with Crippen LogP contribution >= 0.6 is 0 Å². The van der Waals surface area contributed by atoms with E-state index >= 15 is 0 Å². The molecule has 13 nitrogen and oxygen atoms in total. The van der Waals surface area contributed by atoms with E-state index in [2.05, 4.69) is 27.9 Å². The predicted molar refractivity (Wildman–Crippen MR) is 187 cm³/mol. The maximum Gasteiger partial charge on any atom is 0.420 e. The molecule has 3 saturated heterocycles. The lowest BCUT2D eigenvalue weighted by Crippen LogP contribution is -2.58. The summed E-state index contributed by atoms with van der Waals surface area (Å²) in [5.41, 5.74) is 1.61. The van der Waals surface area contributed by atoms with Crippen LogP contribution in [0.5, 0.6) is 5.75 Å². The molecule has 0 aliphatic carbocycles. The third-order valence-corrected chi connectivity index (χ3v) is 11.3. The Morgan fingerprint density at radius 2 is 1.55 bits per heavy atom. The molecule has 1 aromatic heterocycles. The number of nitrogens with zero attached hydrogens (tertiary/aromatic N) is 6. The number of hydrogen-bond donors (Lipinski definition) is 0. The molecule has 0 spiro atoms. The number of likely N-dealkylation sites (tertiary alicyclic amines) is 2. The van der Waals surface area contributed by atoms with Crippen LogP contribution in [0.25, 0.3) is 0 Å². The zero-order valence-electron chi connectivity index (χ0n) is 30.2. The molecule has 0 saturated carbocycles. The minimum atomic E-state index is -3.12. The summed E-state index contributed by atoms with van der Waals surface area (Å²) in [7, 11) is -3.12. The molecule has 1 unspecified atom stereocenters. The van der Waals surface area contributed by atoms with Crippen LogP contribution in [0.15, 0.2) is 18.5 Å². The predicted octanol–water partition coefficient (Wildman–Crippen LogP) is 5.35. The summed E-state index contributed by atoms with van der Waals surface area (Å²) in [6.07, 6.45) is 0.863. The van der Waals surface area contributed by atoms with Crippen LogP contribution in [-0.2, 0) is 19.3 Å². The number of fused-ring (bicyclic) bond motifs is 2. The van der Waals surface area contributed by atoms with E-state index in [1.807, 2.05) is 66.4 Å². The molecule has 14 heteroatoms. The first-order valence-corrected chi connectivity index (χ1v) is 18.9. The standard InChI is InChI=1S/C35H50N6O7S/c1-22-16-24(25-18-40(19-25)35(9)10-11-39(20-35)31(42)47-33(3,4)5)17-26-28(22)46-23(2)27-29(38-12-14-49(44,45)15-13-38)36-21-37-30(27)41(26)32(43)48-34(6,7)8/h16-17,21,23,25H,10-15,18-20H2,1-9H3/t23-,35?/m1/s1. The van der Waals surface area contributed by atoms with Crippen LogP contribution in [0.1, 0.15) is 90.5 Å². The topological polar surface area (TPSA) is 135 Å². The van der Waals surface area contributed by atoms with Crippen molar-refractivity contribution in [3.05, 3.63) is 35.2 Å². The second kappa shape index (κ2) is 12.3. The van der Waals surface area contributed by atoms with E-state index < -0.39 is 33.2 Å². The minimum absolute atomic E-state index is 0.0238. The molecule has 2 aromatic rings. The van der Waals surface area contributed by atoms with Gasteiger partial charge in [-0.15, -0.1) is 0 Å². The molecule has 1 aromatic carbocycles. The van der Waals surface area contributed by atoms with Crippen LogP contribution in [0.2, 0.25) is 0 Å². The van der Waals surface area contributed by atoms with Gasteiger partial charge in [0, 0.05) is 50.7 Å². The summed E-state index contributed by atoms with van der Waals surface area (Å²) in [5, 5.41) is 0. The number of carbonyl (C=O) groups is 2. The first kappa shape index (κ1) is 35.2. The first-order chi connectivity index (χ1) is 22.7. The Kier molecular flexibility index (Phi) is 8.82. The third kappa shape index (κ3) is 7.17. The second-order valence-electron chi connectivity index (χ2n) is 16.1. The van der Waals surface area contributed by atoms with Crippen LogP contribution in [0.4, 0.5) is 26.9 Å². The molecule has 2 amide bonds. The lowest BCUT2D eigenvalue weighted by Gasteiger charge is -2.49. The summed E-state index contributed by atoms with van der Waals surface area (Å²) in [5.74, 6) is 1.71. The SMILES string of the molecule is Cc1cc(C2CN(C3(C)CCN(C(=O)OC(C)(C)C)C3)C2)cc2c1O[C@H](C)c1c(N3CCS(=O)(=O)CC3)ncnc1N2C(=O)OC(C)(C)C. The number of benzene rings is 1. The Labute approximate surface area is 289 Å². The van der Waals surface area contributed by atoms with Crippen LogP contribution in [-0.4, -0.2) is 108 Å². The molecule has 2 atom stereocenters. The fourth-order valence-corrected chi connectivity index (χ4v) is 8.29. The Balaban J connectivity index is 1.31. The van der Waals surface area contributed by atoms with E-state index in [0.717, 1.165) is 30.6 Å². The summed E-state index contributed by atoms with van der Waals surface area (Å²) in [6.45, 7) is 20.6. The van der Waals surface area contributed by atoms with Crippen molar-refractivity contribution in [2.75, 3.05) is 60.6 Å². The molecule has 0 bridgehead atoms. The van der Waals surface area contributed by atoms with Gasteiger partial charge in [-0.1, -0.05) is 6.07 Å². The van der Waals surface area contributed by atoms with Gasteiger partial charge >= 0.3 is 12.2 Å². The van der Waals surface area contributed by atoms with Gasteiger partial charge in [0.25, 0.3) is 0 Å². The van der Waals surface area contributed by atoms with E-state index in [1.165, 1.54) is 11.2 Å². The van der Waals surface area contributed by atoms with E-state index in [1.54, 1.807) is 4.90 Å². The summed E-state index contributed by atoms with van der Waals surface area (Å²) in [6, 6.07) is 4.14. The zero-order chi connectivity index (χ0) is 35.7. The van der Waals surface area contributed by atoms with E-state index in [4.69, 9.17) is 14.2 Å². The fourth-order valence-electron chi connectivity index (χ4n) is 7.09. The monoisotopic (exact) mass is 698 g/mol. The molecule has 268 valence electrons. The van der Waals surface area contributed by atoms with Gasteiger partial charge in [0.2, 0.25) is 0 Å². The molecular weight excluding hydrogens is 648 g/mol. The molecule has 49 heavy (non-hydrogen) atoms. The Morgan fingerprint density at radius 3 is 2.18 bits per heavy atom. The van der Waals surface area contributed by atoms with Crippen molar-refractivity contribution in [2.45, 2.75) is 97.5 Å². The average Bonchev–Trinajstić information content (AvgIpc) is 3.28.